The number of carboxylic acid groups (broad SMARTS) is 1. The molecule has 2 aromatic rings. The van der Waals surface area contributed by atoms with Gasteiger partial charge in [-0.1, -0.05) is 29.8 Å². The van der Waals surface area contributed by atoms with Crippen LogP contribution in [0, 0.1) is 5.41 Å². The second kappa shape index (κ2) is 11.3. The van der Waals surface area contributed by atoms with Crippen molar-refractivity contribution >= 4 is 34.6 Å². The molecule has 0 bridgehead atoms. The Bertz CT molecular complexity index is 1090. The third-order valence-electron chi connectivity index (χ3n) is 5.77. The smallest absolute Gasteiger partial charge is 0.326 e. The summed E-state index contributed by atoms with van der Waals surface area (Å²) in [7, 11) is 0. The molecule has 2 atom stereocenters. The summed E-state index contributed by atoms with van der Waals surface area (Å²) in [6, 6.07) is 5.78. The fourth-order valence-corrected chi connectivity index (χ4v) is 3.90. The minimum Gasteiger partial charge on any atom is -0.480 e. The monoisotopic (exact) mass is 469 g/mol. The number of carboxylic acids is 1. The Morgan fingerprint density at radius 2 is 2.00 bits per heavy atom. The van der Waals surface area contributed by atoms with Gasteiger partial charge >= 0.3 is 5.97 Å². The van der Waals surface area contributed by atoms with Gasteiger partial charge in [0.25, 0.3) is 0 Å². The zero-order valence-electron chi connectivity index (χ0n) is 18.8. The van der Waals surface area contributed by atoms with Gasteiger partial charge in [0.05, 0.1) is 6.04 Å². The number of amides is 2. The predicted octanol–water partition coefficient (Wildman–Crippen LogP) is 0.0291. The van der Waals surface area contributed by atoms with Crippen molar-refractivity contribution in [3.8, 4) is 0 Å². The number of carbonyl (C=O) groups is 3. The quantitative estimate of drug-likeness (QED) is 0.104. The maximum absolute atomic E-state index is 12.3. The summed E-state index contributed by atoms with van der Waals surface area (Å²) in [5, 5.41) is 23.2. The van der Waals surface area contributed by atoms with Crippen LogP contribution >= 0.6 is 0 Å². The van der Waals surface area contributed by atoms with E-state index in [1.54, 1.807) is 11.1 Å². The summed E-state index contributed by atoms with van der Waals surface area (Å²) in [5.74, 6) is -1.85. The number of nitrogens with one attached hydrogen (secondary N) is 4. The standard InChI is InChI=1S/C23H31N7O4/c24-17(10-14-7-9-30(13-14)23(25)26)21(32)27-8-3-6-20(31)29-19(22(33)34)11-15-12-28-18-5-2-1-4-16(15)18/h1-2,4-5,7,12,17,19,28H,3,6,8-11,13,24H2,(H3,25,26)(H,27,32)(H,29,31)(H,33,34). The van der Waals surface area contributed by atoms with Gasteiger partial charge in [-0.2, -0.15) is 0 Å². The highest BCUT2D eigenvalue weighted by Crippen LogP contribution is 2.19. The number of carbonyl (C=O) groups excluding carboxylic acids is 2. The molecule has 11 nitrogen and oxygen atoms in total. The lowest BCUT2D eigenvalue weighted by Crippen LogP contribution is -2.43. The van der Waals surface area contributed by atoms with E-state index in [-0.39, 0.29) is 31.3 Å². The van der Waals surface area contributed by atoms with Gasteiger partial charge in [0.15, 0.2) is 5.96 Å². The van der Waals surface area contributed by atoms with Crippen molar-refractivity contribution < 1.29 is 19.5 Å². The van der Waals surface area contributed by atoms with Crippen LogP contribution in [0.4, 0.5) is 0 Å². The fraction of sp³-hybridized carbons (Fsp3) is 0.391. The first kappa shape index (κ1) is 24.8. The number of guanidine groups is 1. The first-order chi connectivity index (χ1) is 16.2. The normalized spacial score (nSPS) is 15.0. The molecule has 11 heteroatoms. The van der Waals surface area contributed by atoms with E-state index >= 15 is 0 Å². The molecule has 34 heavy (non-hydrogen) atoms. The van der Waals surface area contributed by atoms with Crippen molar-refractivity contribution in [2.75, 3.05) is 19.6 Å². The second-order valence-electron chi connectivity index (χ2n) is 8.36. The van der Waals surface area contributed by atoms with Crippen LogP contribution in [0.5, 0.6) is 0 Å². The predicted molar refractivity (Wildman–Crippen MR) is 128 cm³/mol. The van der Waals surface area contributed by atoms with Crippen molar-refractivity contribution in [1.29, 1.82) is 5.41 Å². The average molecular weight is 470 g/mol. The zero-order chi connectivity index (χ0) is 24.7. The molecule has 2 heterocycles. The summed E-state index contributed by atoms with van der Waals surface area (Å²) in [6.45, 7) is 1.27. The highest BCUT2D eigenvalue weighted by atomic mass is 16.4. The maximum Gasteiger partial charge on any atom is 0.326 e. The number of benzene rings is 1. The van der Waals surface area contributed by atoms with Gasteiger partial charge in [-0.15, -0.1) is 0 Å². The number of aromatic amines is 1. The van der Waals surface area contributed by atoms with E-state index in [1.165, 1.54) is 0 Å². The lowest BCUT2D eigenvalue weighted by molar-refractivity contribution is -0.141. The minimum absolute atomic E-state index is 0.0193. The lowest BCUT2D eigenvalue weighted by atomic mass is 10.0. The molecule has 0 aliphatic carbocycles. The van der Waals surface area contributed by atoms with Crippen LogP contribution in [-0.2, 0) is 20.8 Å². The molecular weight excluding hydrogens is 438 g/mol. The summed E-state index contributed by atoms with van der Waals surface area (Å²) < 4.78 is 0. The summed E-state index contributed by atoms with van der Waals surface area (Å²) >= 11 is 0. The molecule has 1 aromatic carbocycles. The molecule has 9 N–H and O–H groups in total. The number of hydrogen-bond acceptors (Lipinski definition) is 5. The Balaban J connectivity index is 1.38. The molecular formula is C23H31N7O4. The van der Waals surface area contributed by atoms with Gasteiger partial charge in [-0.3, -0.25) is 15.0 Å². The van der Waals surface area contributed by atoms with Crippen LogP contribution in [0.3, 0.4) is 0 Å². The number of para-hydroxylation sites is 1. The van der Waals surface area contributed by atoms with Crippen molar-refractivity contribution in [2.24, 2.45) is 11.5 Å². The van der Waals surface area contributed by atoms with E-state index < -0.39 is 24.0 Å². The molecule has 0 saturated carbocycles. The molecule has 0 spiro atoms. The van der Waals surface area contributed by atoms with Crippen molar-refractivity contribution in [2.45, 2.75) is 37.8 Å². The summed E-state index contributed by atoms with van der Waals surface area (Å²) in [4.78, 5) is 40.9. The Kier molecular flexibility index (Phi) is 8.25. The molecule has 2 amide bonds. The number of aliphatic carboxylic acids is 1. The third-order valence-corrected chi connectivity index (χ3v) is 5.77. The summed E-state index contributed by atoms with van der Waals surface area (Å²) in [5.41, 5.74) is 14.1. The number of nitrogens with zero attached hydrogens (tertiary/aromatic N) is 1. The van der Waals surface area contributed by atoms with Crippen LogP contribution in [-0.4, -0.2) is 70.5 Å². The Morgan fingerprint density at radius 1 is 1.24 bits per heavy atom. The van der Waals surface area contributed by atoms with Gasteiger partial charge in [0, 0.05) is 49.6 Å². The minimum atomic E-state index is -1.11. The first-order valence-electron chi connectivity index (χ1n) is 11.1. The number of H-pyrrole nitrogens is 1. The van der Waals surface area contributed by atoms with Crippen LogP contribution in [0.1, 0.15) is 24.8 Å². The lowest BCUT2D eigenvalue weighted by Gasteiger charge is -2.17. The van der Waals surface area contributed by atoms with Crippen LogP contribution in [0.2, 0.25) is 0 Å². The Labute approximate surface area is 197 Å². The van der Waals surface area contributed by atoms with Crippen LogP contribution in [0.15, 0.2) is 42.1 Å². The number of nitrogens with two attached hydrogens (primary N) is 2. The Hall–Kier alpha value is -3.86. The van der Waals surface area contributed by atoms with Gasteiger partial charge in [-0.25, -0.2) is 4.79 Å². The Morgan fingerprint density at radius 3 is 2.71 bits per heavy atom. The molecule has 1 aromatic heterocycles. The van der Waals surface area contributed by atoms with Gasteiger partial charge < -0.3 is 37.1 Å². The molecule has 2 unspecified atom stereocenters. The van der Waals surface area contributed by atoms with Gasteiger partial charge in [0.2, 0.25) is 11.8 Å². The number of rotatable bonds is 11. The fourth-order valence-electron chi connectivity index (χ4n) is 3.90. The van der Waals surface area contributed by atoms with Crippen molar-refractivity contribution in [1.82, 2.24) is 20.5 Å². The first-order valence-corrected chi connectivity index (χ1v) is 11.1. The molecule has 3 rings (SSSR count). The van der Waals surface area contributed by atoms with E-state index in [0.29, 0.717) is 25.9 Å². The van der Waals surface area contributed by atoms with E-state index in [9.17, 15) is 19.5 Å². The molecule has 0 fully saturated rings. The second-order valence-corrected chi connectivity index (χ2v) is 8.36. The van der Waals surface area contributed by atoms with Crippen molar-refractivity contribution in [3.05, 3.63) is 47.7 Å². The van der Waals surface area contributed by atoms with Gasteiger partial charge in [0.1, 0.15) is 6.04 Å². The highest BCUT2D eigenvalue weighted by Gasteiger charge is 2.23. The number of hydrogen-bond donors (Lipinski definition) is 7. The summed E-state index contributed by atoms with van der Waals surface area (Å²) in [6.07, 6.45) is 4.62. The largest absolute Gasteiger partial charge is 0.480 e. The number of fused-ring (bicyclic) bond motifs is 1. The number of aromatic nitrogens is 1. The third kappa shape index (κ3) is 6.58. The molecule has 0 radical (unpaired) electrons. The molecule has 182 valence electrons. The van der Waals surface area contributed by atoms with Crippen LogP contribution < -0.4 is 22.1 Å². The topological polar surface area (TPSA) is 190 Å². The van der Waals surface area contributed by atoms with E-state index in [2.05, 4.69) is 15.6 Å². The van der Waals surface area contributed by atoms with Crippen LogP contribution in [0.25, 0.3) is 10.9 Å². The van der Waals surface area contributed by atoms with E-state index in [0.717, 1.165) is 22.0 Å². The SMILES string of the molecule is N=C(N)N1CC=C(CC(N)C(=O)NCCCC(=O)NC(Cc2c[nH]c3ccccc23)C(=O)O)C1. The van der Waals surface area contributed by atoms with Gasteiger partial charge in [-0.05, 0) is 24.5 Å². The zero-order valence-corrected chi connectivity index (χ0v) is 18.8. The molecule has 0 saturated heterocycles. The van der Waals surface area contributed by atoms with E-state index in [4.69, 9.17) is 16.9 Å². The highest BCUT2D eigenvalue weighted by molar-refractivity contribution is 5.87. The van der Waals surface area contributed by atoms with Crippen molar-refractivity contribution in [3.63, 3.8) is 0 Å². The maximum atomic E-state index is 12.3. The van der Waals surface area contributed by atoms with E-state index in [1.807, 2.05) is 30.3 Å². The molecule has 1 aliphatic heterocycles. The average Bonchev–Trinajstić information content (AvgIpc) is 3.43. The molecule has 1 aliphatic rings.